The number of benzene rings is 2. The number of carbonyl (C=O) groups excluding carboxylic acids is 1. The minimum Gasteiger partial charge on any atom is -0.478 e. The van der Waals surface area contributed by atoms with Crippen LogP contribution in [0.1, 0.15) is 48.0 Å². The maximum Gasteiger partial charge on any atom is 0.414 e. The normalized spacial score (nSPS) is 13.6. The third-order valence-corrected chi connectivity index (χ3v) is 5.03. The highest BCUT2D eigenvalue weighted by molar-refractivity contribution is 6.03. The zero-order valence-electron chi connectivity index (χ0n) is 17.8. The Morgan fingerprint density at radius 1 is 1.10 bits per heavy atom. The second-order valence-electron chi connectivity index (χ2n) is 8.52. The van der Waals surface area contributed by atoms with Gasteiger partial charge in [-0.25, -0.2) is 14.6 Å². The topological polar surface area (TPSA) is 79.7 Å². The first-order valence-electron chi connectivity index (χ1n) is 10.2. The third-order valence-electron chi connectivity index (χ3n) is 5.03. The van der Waals surface area contributed by atoms with E-state index in [0.29, 0.717) is 23.1 Å². The number of hydrogen-bond donors (Lipinski definition) is 1. The Kier molecular flexibility index (Phi) is 5.23. The maximum absolute atomic E-state index is 12.4. The van der Waals surface area contributed by atoms with E-state index in [4.69, 9.17) is 4.74 Å². The molecule has 0 saturated heterocycles. The van der Waals surface area contributed by atoms with Gasteiger partial charge in [-0.05, 0) is 68.7 Å². The number of fused-ring (bicyclic) bond motifs is 2. The summed E-state index contributed by atoms with van der Waals surface area (Å²) >= 11 is 0. The number of para-hydroxylation sites is 1. The second kappa shape index (κ2) is 7.87. The van der Waals surface area contributed by atoms with Crippen molar-refractivity contribution >= 4 is 40.8 Å². The van der Waals surface area contributed by atoms with E-state index in [1.807, 2.05) is 51.1 Å². The number of carboxylic acid groups (broad SMARTS) is 1. The number of nitrogens with zero attached hydrogens (tertiary/aromatic N) is 2. The smallest absolute Gasteiger partial charge is 0.414 e. The molecule has 0 saturated carbocycles. The van der Waals surface area contributed by atoms with Crippen molar-refractivity contribution < 1.29 is 19.4 Å². The average Bonchev–Trinajstić information content (AvgIpc) is 3.13. The summed E-state index contributed by atoms with van der Waals surface area (Å²) < 4.78 is 5.50. The molecule has 2 aromatic carbocycles. The van der Waals surface area contributed by atoms with Gasteiger partial charge in [0.1, 0.15) is 5.60 Å². The fraction of sp³-hybridized carbons (Fsp3) is 0.240. The van der Waals surface area contributed by atoms with E-state index in [9.17, 15) is 14.7 Å². The van der Waals surface area contributed by atoms with E-state index in [1.165, 1.54) is 0 Å². The summed E-state index contributed by atoms with van der Waals surface area (Å²) in [4.78, 5) is 30.3. The highest BCUT2D eigenvalue weighted by atomic mass is 16.6. The number of pyridine rings is 1. The Labute approximate surface area is 180 Å². The van der Waals surface area contributed by atoms with Crippen molar-refractivity contribution in [2.24, 2.45) is 0 Å². The highest BCUT2D eigenvalue weighted by Crippen LogP contribution is 2.31. The molecule has 1 amide bonds. The minimum atomic E-state index is -0.979. The summed E-state index contributed by atoms with van der Waals surface area (Å²) in [6, 6.07) is 14.7. The molecule has 0 spiro atoms. The van der Waals surface area contributed by atoms with Crippen LogP contribution in [0.3, 0.4) is 0 Å². The molecule has 0 atom stereocenters. The molecule has 6 nitrogen and oxygen atoms in total. The first-order chi connectivity index (χ1) is 14.7. The van der Waals surface area contributed by atoms with Gasteiger partial charge in [-0.2, -0.15) is 0 Å². The van der Waals surface area contributed by atoms with E-state index in [2.05, 4.69) is 4.98 Å². The summed E-state index contributed by atoms with van der Waals surface area (Å²) in [7, 11) is 0. The fourth-order valence-corrected chi connectivity index (χ4v) is 3.67. The van der Waals surface area contributed by atoms with Crippen LogP contribution in [0.2, 0.25) is 0 Å². The molecule has 6 heteroatoms. The lowest BCUT2D eigenvalue weighted by Gasteiger charge is -2.24. The number of amides is 1. The number of carbonyl (C=O) groups is 2. The van der Waals surface area contributed by atoms with Crippen LogP contribution in [-0.4, -0.2) is 34.3 Å². The summed E-state index contributed by atoms with van der Waals surface area (Å²) in [5.74, 6) is -0.979. The molecule has 1 aromatic heterocycles. The van der Waals surface area contributed by atoms with Gasteiger partial charge in [-0.3, -0.25) is 4.90 Å². The molecule has 1 N–H and O–H groups in total. The first-order valence-corrected chi connectivity index (χ1v) is 10.2. The third kappa shape index (κ3) is 4.43. The van der Waals surface area contributed by atoms with Crippen molar-refractivity contribution in [3.8, 4) is 0 Å². The lowest BCUT2D eigenvalue weighted by molar-refractivity contribution is 0.0583. The molecule has 0 bridgehead atoms. The van der Waals surface area contributed by atoms with Gasteiger partial charge in [0.25, 0.3) is 0 Å². The molecular weight excluding hydrogens is 392 g/mol. The number of carboxylic acids is 1. The zero-order valence-corrected chi connectivity index (χ0v) is 17.8. The van der Waals surface area contributed by atoms with Gasteiger partial charge >= 0.3 is 12.1 Å². The standard InChI is InChI=1S/C25H24N2O4/c1-25(2,3)31-24(30)27-13-12-17-14-16(9-11-22(17)27)8-10-18-15-20(23(28)29)19-6-4-5-7-21(19)26-18/h4-11,14-15H,12-13H2,1-3H3,(H,28,29). The van der Waals surface area contributed by atoms with Gasteiger partial charge < -0.3 is 9.84 Å². The van der Waals surface area contributed by atoms with Gasteiger partial charge in [0.05, 0.1) is 22.5 Å². The van der Waals surface area contributed by atoms with Gasteiger partial charge in [0.2, 0.25) is 0 Å². The second-order valence-corrected chi connectivity index (χ2v) is 8.52. The van der Waals surface area contributed by atoms with Crippen LogP contribution < -0.4 is 4.90 Å². The van der Waals surface area contributed by atoms with E-state index in [1.54, 1.807) is 35.2 Å². The van der Waals surface area contributed by atoms with E-state index in [-0.39, 0.29) is 11.7 Å². The first kappa shape index (κ1) is 20.6. The van der Waals surface area contributed by atoms with Crippen molar-refractivity contribution in [1.29, 1.82) is 0 Å². The monoisotopic (exact) mass is 416 g/mol. The summed E-state index contributed by atoms with van der Waals surface area (Å²) in [5, 5.41) is 10.2. The fourth-order valence-electron chi connectivity index (χ4n) is 3.67. The Morgan fingerprint density at radius 3 is 2.61 bits per heavy atom. The largest absolute Gasteiger partial charge is 0.478 e. The predicted molar refractivity (Wildman–Crippen MR) is 121 cm³/mol. The van der Waals surface area contributed by atoms with Crippen molar-refractivity contribution in [1.82, 2.24) is 4.98 Å². The molecule has 0 radical (unpaired) electrons. The van der Waals surface area contributed by atoms with Crippen LogP contribution in [0, 0.1) is 0 Å². The SMILES string of the molecule is CC(C)(C)OC(=O)N1CCc2cc(C=Cc3cc(C(=O)O)c4ccccc4n3)ccc21. The van der Waals surface area contributed by atoms with Crippen LogP contribution >= 0.6 is 0 Å². The number of ether oxygens (including phenoxy) is 1. The minimum absolute atomic E-state index is 0.229. The number of rotatable bonds is 3. The number of aromatic carboxylic acids is 1. The number of aromatic nitrogens is 1. The molecule has 158 valence electrons. The lowest BCUT2D eigenvalue weighted by atomic mass is 10.1. The van der Waals surface area contributed by atoms with Crippen molar-refractivity contribution in [2.45, 2.75) is 32.8 Å². The molecule has 2 heterocycles. The maximum atomic E-state index is 12.4. The van der Waals surface area contributed by atoms with Crippen molar-refractivity contribution in [3.63, 3.8) is 0 Å². The molecule has 1 aliphatic heterocycles. The average molecular weight is 416 g/mol. The predicted octanol–water partition coefficient (Wildman–Crippen LogP) is 5.40. The van der Waals surface area contributed by atoms with Crippen LogP contribution in [-0.2, 0) is 11.2 Å². The molecule has 0 fully saturated rings. The molecule has 0 aliphatic carbocycles. The Bertz CT molecular complexity index is 1210. The molecule has 3 aromatic rings. The number of anilines is 1. The van der Waals surface area contributed by atoms with Crippen molar-refractivity contribution in [3.05, 3.63) is 70.9 Å². The van der Waals surface area contributed by atoms with Crippen LogP contribution in [0.15, 0.2) is 48.5 Å². The number of hydrogen-bond acceptors (Lipinski definition) is 4. The lowest BCUT2D eigenvalue weighted by Crippen LogP contribution is -2.35. The van der Waals surface area contributed by atoms with Crippen molar-refractivity contribution in [2.75, 3.05) is 11.4 Å². The Hall–Kier alpha value is -3.67. The highest BCUT2D eigenvalue weighted by Gasteiger charge is 2.28. The Morgan fingerprint density at radius 2 is 1.87 bits per heavy atom. The van der Waals surface area contributed by atoms with Crippen LogP contribution in [0.25, 0.3) is 23.1 Å². The van der Waals surface area contributed by atoms with E-state index >= 15 is 0 Å². The molecular formula is C25H24N2O4. The summed E-state index contributed by atoms with van der Waals surface area (Å²) in [5.41, 5.74) is 3.80. The van der Waals surface area contributed by atoms with E-state index < -0.39 is 11.6 Å². The molecule has 1 aliphatic rings. The zero-order chi connectivity index (χ0) is 22.2. The van der Waals surface area contributed by atoms with E-state index in [0.717, 1.165) is 23.2 Å². The molecule has 0 unspecified atom stereocenters. The Balaban J connectivity index is 1.59. The molecule has 31 heavy (non-hydrogen) atoms. The summed E-state index contributed by atoms with van der Waals surface area (Å²) in [6.07, 6.45) is 4.13. The van der Waals surface area contributed by atoms with Crippen LogP contribution in [0.4, 0.5) is 10.5 Å². The quantitative estimate of drug-likeness (QED) is 0.618. The van der Waals surface area contributed by atoms with Gasteiger partial charge in [0.15, 0.2) is 0 Å². The van der Waals surface area contributed by atoms with Gasteiger partial charge in [0, 0.05) is 11.9 Å². The molecule has 4 rings (SSSR count). The van der Waals surface area contributed by atoms with Gasteiger partial charge in [-0.1, -0.05) is 30.3 Å². The summed E-state index contributed by atoms with van der Waals surface area (Å²) in [6.45, 7) is 6.15. The van der Waals surface area contributed by atoms with Crippen LogP contribution in [0.5, 0.6) is 0 Å². The van der Waals surface area contributed by atoms with Gasteiger partial charge in [-0.15, -0.1) is 0 Å².